The third-order valence-electron chi connectivity index (χ3n) is 4.22. The number of nitrogens with zero attached hydrogens (tertiary/aromatic N) is 5. The van der Waals surface area contributed by atoms with Crippen LogP contribution in [0.2, 0.25) is 0 Å². The van der Waals surface area contributed by atoms with Crippen molar-refractivity contribution in [2.24, 2.45) is 0 Å². The summed E-state index contributed by atoms with van der Waals surface area (Å²) >= 11 is 0. The van der Waals surface area contributed by atoms with E-state index in [0.717, 1.165) is 16.5 Å². The average Bonchev–Trinajstić information content (AvgIpc) is 3.01. The molecule has 0 bridgehead atoms. The number of fused-ring (bicyclic) bond motifs is 3. The zero-order valence-corrected chi connectivity index (χ0v) is 14.5. The maximum Gasteiger partial charge on any atom is 0.256 e. The molecule has 0 atom stereocenters. The Kier molecular flexibility index (Phi) is 3.96. The van der Waals surface area contributed by atoms with Crippen LogP contribution in [-0.2, 0) is 6.54 Å². The van der Waals surface area contributed by atoms with E-state index in [4.69, 9.17) is 0 Å². The molecule has 0 spiro atoms. The van der Waals surface area contributed by atoms with Gasteiger partial charge in [-0.15, -0.1) is 0 Å². The summed E-state index contributed by atoms with van der Waals surface area (Å²) in [5.74, 6) is 0.552. The molecule has 0 saturated carbocycles. The zero-order chi connectivity index (χ0) is 18.1. The Bertz CT molecular complexity index is 1090. The summed E-state index contributed by atoms with van der Waals surface area (Å²) in [6.07, 6.45) is 6.95. The molecule has 4 aromatic rings. The fourth-order valence-electron chi connectivity index (χ4n) is 3.01. The van der Waals surface area contributed by atoms with Gasteiger partial charge in [-0.3, -0.25) is 9.78 Å². The van der Waals surface area contributed by atoms with Crippen molar-refractivity contribution in [3.8, 4) is 0 Å². The van der Waals surface area contributed by atoms with E-state index in [2.05, 4.69) is 20.3 Å². The number of hydrogen-bond donors (Lipinski definition) is 1. The zero-order valence-electron chi connectivity index (χ0n) is 14.5. The molecule has 4 aromatic heterocycles. The molecule has 7 heteroatoms. The molecule has 0 aliphatic rings. The SMILES string of the molecule is CN(C)C(=O)c1c2c(NCc3cccnc3)ncnc2n2ccccc12. The molecule has 1 N–H and O–H groups in total. The predicted molar refractivity (Wildman–Crippen MR) is 100 cm³/mol. The maximum atomic E-state index is 12.9. The number of hydrogen-bond acceptors (Lipinski definition) is 5. The molecule has 0 radical (unpaired) electrons. The Hall–Kier alpha value is -3.48. The first kappa shape index (κ1) is 16.0. The van der Waals surface area contributed by atoms with E-state index in [1.807, 2.05) is 40.9 Å². The molecule has 4 heterocycles. The number of aromatic nitrogens is 4. The van der Waals surface area contributed by atoms with E-state index >= 15 is 0 Å². The van der Waals surface area contributed by atoms with Gasteiger partial charge in [-0.05, 0) is 23.8 Å². The fraction of sp³-hybridized carbons (Fsp3) is 0.158. The molecule has 130 valence electrons. The highest BCUT2D eigenvalue weighted by atomic mass is 16.2. The number of rotatable bonds is 4. The molecule has 0 unspecified atom stereocenters. The topological polar surface area (TPSA) is 75.4 Å². The molecule has 1 amide bonds. The molecule has 7 nitrogen and oxygen atoms in total. The lowest BCUT2D eigenvalue weighted by atomic mass is 10.1. The highest BCUT2D eigenvalue weighted by Gasteiger charge is 2.23. The molecular weight excluding hydrogens is 328 g/mol. The van der Waals surface area contributed by atoms with Gasteiger partial charge in [0.15, 0.2) is 5.65 Å². The minimum atomic E-state index is -0.0806. The third kappa shape index (κ3) is 2.63. The number of anilines is 1. The van der Waals surface area contributed by atoms with Crippen LogP contribution in [0, 0.1) is 0 Å². The molecule has 0 aliphatic carbocycles. The van der Waals surface area contributed by atoms with Crippen molar-refractivity contribution in [1.29, 1.82) is 0 Å². The predicted octanol–water partition coefficient (Wildman–Crippen LogP) is 2.59. The van der Waals surface area contributed by atoms with Gasteiger partial charge in [-0.2, -0.15) is 0 Å². The molecule has 26 heavy (non-hydrogen) atoms. The van der Waals surface area contributed by atoms with Gasteiger partial charge in [0.2, 0.25) is 0 Å². The minimum absolute atomic E-state index is 0.0806. The van der Waals surface area contributed by atoms with Crippen molar-refractivity contribution in [1.82, 2.24) is 24.3 Å². The highest BCUT2D eigenvalue weighted by molar-refractivity contribution is 6.15. The van der Waals surface area contributed by atoms with E-state index in [1.54, 1.807) is 31.4 Å². The summed E-state index contributed by atoms with van der Waals surface area (Å²) in [6.45, 7) is 0.557. The maximum absolute atomic E-state index is 12.9. The smallest absolute Gasteiger partial charge is 0.256 e. The molecule has 0 saturated heterocycles. The van der Waals surface area contributed by atoms with Crippen molar-refractivity contribution >= 4 is 28.3 Å². The van der Waals surface area contributed by atoms with E-state index in [-0.39, 0.29) is 5.91 Å². The van der Waals surface area contributed by atoms with E-state index in [9.17, 15) is 4.79 Å². The van der Waals surface area contributed by atoms with Gasteiger partial charge in [0.05, 0.1) is 16.5 Å². The Morgan fingerprint density at radius 2 is 2.08 bits per heavy atom. The van der Waals surface area contributed by atoms with E-state index < -0.39 is 0 Å². The normalized spacial score (nSPS) is 11.0. The molecule has 0 aliphatic heterocycles. The summed E-state index contributed by atoms with van der Waals surface area (Å²) in [6, 6.07) is 9.63. The highest BCUT2D eigenvalue weighted by Crippen LogP contribution is 2.30. The van der Waals surface area contributed by atoms with Crippen LogP contribution in [0.25, 0.3) is 16.6 Å². The second kappa shape index (κ2) is 6.44. The van der Waals surface area contributed by atoms with Gasteiger partial charge < -0.3 is 14.6 Å². The van der Waals surface area contributed by atoms with Gasteiger partial charge in [0.25, 0.3) is 5.91 Å². The Labute approximate surface area is 150 Å². The van der Waals surface area contributed by atoms with Crippen molar-refractivity contribution in [3.63, 3.8) is 0 Å². The molecule has 0 fully saturated rings. The monoisotopic (exact) mass is 346 g/mol. The standard InChI is InChI=1S/C19H18N6O/c1-24(2)19(26)15-14-7-3-4-9-25(14)18-16(15)17(22-12-23-18)21-11-13-6-5-8-20-10-13/h3-10,12H,11H2,1-2H3,(H,21,22,23). The quantitative estimate of drug-likeness (QED) is 0.615. The Morgan fingerprint density at radius 3 is 2.85 bits per heavy atom. The van der Waals surface area contributed by atoms with Crippen LogP contribution in [0.4, 0.5) is 5.82 Å². The van der Waals surface area contributed by atoms with Gasteiger partial charge in [0.1, 0.15) is 12.1 Å². The first-order valence-electron chi connectivity index (χ1n) is 8.25. The van der Waals surface area contributed by atoms with Crippen LogP contribution in [0.15, 0.2) is 55.2 Å². The average molecular weight is 346 g/mol. The molecular formula is C19H18N6O. The van der Waals surface area contributed by atoms with Crippen LogP contribution in [0.1, 0.15) is 15.9 Å². The van der Waals surface area contributed by atoms with Crippen LogP contribution in [-0.4, -0.2) is 44.3 Å². The van der Waals surface area contributed by atoms with Gasteiger partial charge >= 0.3 is 0 Å². The first-order valence-corrected chi connectivity index (χ1v) is 8.25. The van der Waals surface area contributed by atoms with Crippen LogP contribution >= 0.6 is 0 Å². The lowest BCUT2D eigenvalue weighted by Gasteiger charge is -2.11. The van der Waals surface area contributed by atoms with E-state index in [0.29, 0.717) is 23.6 Å². The van der Waals surface area contributed by atoms with Crippen LogP contribution in [0.3, 0.4) is 0 Å². The Balaban J connectivity index is 1.90. The van der Waals surface area contributed by atoms with Gasteiger partial charge in [-0.25, -0.2) is 9.97 Å². The van der Waals surface area contributed by atoms with Crippen molar-refractivity contribution in [3.05, 3.63) is 66.4 Å². The molecule has 0 aromatic carbocycles. The van der Waals surface area contributed by atoms with Crippen molar-refractivity contribution in [2.45, 2.75) is 6.54 Å². The summed E-state index contributed by atoms with van der Waals surface area (Å²) in [5, 5.41) is 4.05. The summed E-state index contributed by atoms with van der Waals surface area (Å²) in [5.41, 5.74) is 3.14. The van der Waals surface area contributed by atoms with Crippen molar-refractivity contribution < 1.29 is 4.79 Å². The van der Waals surface area contributed by atoms with E-state index in [1.165, 1.54) is 6.33 Å². The summed E-state index contributed by atoms with van der Waals surface area (Å²) < 4.78 is 1.92. The van der Waals surface area contributed by atoms with Crippen LogP contribution in [0.5, 0.6) is 0 Å². The second-order valence-corrected chi connectivity index (χ2v) is 6.17. The largest absolute Gasteiger partial charge is 0.365 e. The lowest BCUT2D eigenvalue weighted by molar-refractivity contribution is 0.0831. The lowest BCUT2D eigenvalue weighted by Crippen LogP contribution is -2.22. The Morgan fingerprint density at radius 1 is 1.19 bits per heavy atom. The third-order valence-corrected chi connectivity index (χ3v) is 4.22. The van der Waals surface area contributed by atoms with Crippen molar-refractivity contribution in [2.75, 3.05) is 19.4 Å². The first-order chi connectivity index (χ1) is 12.7. The fourth-order valence-corrected chi connectivity index (χ4v) is 3.01. The number of carbonyl (C=O) groups is 1. The number of amides is 1. The summed E-state index contributed by atoms with van der Waals surface area (Å²) in [4.78, 5) is 27.4. The molecule has 4 rings (SSSR count). The van der Waals surface area contributed by atoms with Gasteiger partial charge in [-0.1, -0.05) is 12.1 Å². The number of pyridine rings is 2. The number of nitrogens with one attached hydrogen (secondary N) is 1. The van der Waals surface area contributed by atoms with Gasteiger partial charge in [0, 0.05) is 39.2 Å². The number of carbonyl (C=O) groups excluding carboxylic acids is 1. The minimum Gasteiger partial charge on any atom is -0.365 e. The summed E-state index contributed by atoms with van der Waals surface area (Å²) in [7, 11) is 3.49. The van der Waals surface area contributed by atoms with Crippen LogP contribution < -0.4 is 5.32 Å². The second-order valence-electron chi connectivity index (χ2n) is 6.17.